The van der Waals surface area contributed by atoms with E-state index in [1.54, 1.807) is 18.4 Å². The van der Waals surface area contributed by atoms with Crippen molar-refractivity contribution in [2.24, 2.45) is 0 Å². The molecule has 0 aliphatic carbocycles. The molecule has 0 unspecified atom stereocenters. The van der Waals surface area contributed by atoms with Gasteiger partial charge in [-0.1, -0.05) is 0 Å². The number of hydrogen-bond acceptors (Lipinski definition) is 7. The summed E-state index contributed by atoms with van der Waals surface area (Å²) in [6.07, 6.45) is 0. The number of nitrogens with zero attached hydrogens (tertiary/aromatic N) is 3. The highest BCUT2D eigenvalue weighted by molar-refractivity contribution is 7.09. The predicted molar refractivity (Wildman–Crippen MR) is 94.0 cm³/mol. The second-order valence-corrected chi connectivity index (χ2v) is 6.67. The molecule has 8 nitrogen and oxygen atoms in total. The minimum Gasteiger partial charge on any atom is -0.379 e. The summed E-state index contributed by atoms with van der Waals surface area (Å²) in [5.74, 6) is -0.322. The molecule has 1 aromatic heterocycles. The zero-order chi connectivity index (χ0) is 17.8. The molecular weight excluding hydrogens is 344 g/mol. The molecule has 0 saturated carbocycles. The Kier molecular flexibility index (Phi) is 5.37. The van der Waals surface area contributed by atoms with Gasteiger partial charge in [0.2, 0.25) is 0 Å². The van der Waals surface area contributed by atoms with E-state index < -0.39 is 4.92 Å². The number of thiazole rings is 1. The number of carbonyl (C=O) groups excluding carboxylic acids is 1. The van der Waals surface area contributed by atoms with Crippen molar-refractivity contribution in [2.45, 2.75) is 13.5 Å². The first kappa shape index (κ1) is 17.5. The van der Waals surface area contributed by atoms with Crippen LogP contribution in [0.1, 0.15) is 21.1 Å². The maximum absolute atomic E-state index is 12.3. The first-order valence-electron chi connectivity index (χ1n) is 7.84. The normalized spacial score (nSPS) is 15.1. The number of anilines is 1. The predicted octanol–water partition coefficient (Wildman–Crippen LogP) is 2.44. The number of nitro groups is 1. The summed E-state index contributed by atoms with van der Waals surface area (Å²) in [6, 6.07) is 4.48. The van der Waals surface area contributed by atoms with Crippen LogP contribution in [0.4, 0.5) is 11.4 Å². The SMILES string of the molecule is Cc1cc(NC(=O)c2csc(CN3CCOCC3)n2)ccc1[N+](=O)[O-]. The van der Waals surface area contributed by atoms with Crippen LogP contribution in [-0.4, -0.2) is 47.0 Å². The van der Waals surface area contributed by atoms with Crippen molar-refractivity contribution in [3.05, 3.63) is 50.0 Å². The molecule has 0 radical (unpaired) electrons. The highest BCUT2D eigenvalue weighted by Crippen LogP contribution is 2.22. The standard InChI is InChI=1S/C16H18N4O4S/c1-11-8-12(2-3-14(11)20(22)23)17-16(21)13-10-25-15(18-13)9-19-4-6-24-7-5-19/h2-3,8,10H,4-7,9H2,1H3,(H,17,21). The van der Waals surface area contributed by atoms with Gasteiger partial charge in [-0.15, -0.1) is 11.3 Å². The van der Waals surface area contributed by atoms with E-state index in [0.29, 0.717) is 23.5 Å². The van der Waals surface area contributed by atoms with E-state index >= 15 is 0 Å². The number of aryl methyl sites for hydroxylation is 1. The Bertz CT molecular complexity index is 786. The van der Waals surface area contributed by atoms with Gasteiger partial charge in [0.15, 0.2) is 0 Å². The molecule has 1 amide bonds. The number of carbonyl (C=O) groups is 1. The second-order valence-electron chi connectivity index (χ2n) is 5.73. The maximum atomic E-state index is 12.3. The quantitative estimate of drug-likeness (QED) is 0.648. The summed E-state index contributed by atoms with van der Waals surface area (Å²) < 4.78 is 5.32. The van der Waals surface area contributed by atoms with Gasteiger partial charge in [0.1, 0.15) is 10.7 Å². The summed E-state index contributed by atoms with van der Waals surface area (Å²) in [5, 5.41) is 16.2. The van der Waals surface area contributed by atoms with Gasteiger partial charge in [-0.3, -0.25) is 19.8 Å². The average Bonchev–Trinajstić information content (AvgIpc) is 3.04. The molecule has 1 N–H and O–H groups in total. The number of rotatable bonds is 5. The zero-order valence-corrected chi connectivity index (χ0v) is 14.5. The first-order chi connectivity index (χ1) is 12.0. The summed E-state index contributed by atoms with van der Waals surface area (Å²) in [4.78, 5) is 29.3. The number of morpholine rings is 1. The molecular formula is C16H18N4O4S. The van der Waals surface area contributed by atoms with Gasteiger partial charge in [-0.2, -0.15) is 0 Å². The molecule has 2 aromatic rings. The Balaban J connectivity index is 1.63. The Morgan fingerprint density at radius 3 is 2.88 bits per heavy atom. The largest absolute Gasteiger partial charge is 0.379 e. The number of nitro benzene ring substituents is 1. The van der Waals surface area contributed by atoms with Crippen LogP contribution < -0.4 is 5.32 Å². The van der Waals surface area contributed by atoms with Gasteiger partial charge < -0.3 is 10.1 Å². The van der Waals surface area contributed by atoms with E-state index in [2.05, 4.69) is 15.2 Å². The lowest BCUT2D eigenvalue weighted by Crippen LogP contribution is -2.35. The first-order valence-corrected chi connectivity index (χ1v) is 8.72. The van der Waals surface area contributed by atoms with Gasteiger partial charge in [0, 0.05) is 35.8 Å². The Morgan fingerprint density at radius 2 is 2.20 bits per heavy atom. The highest BCUT2D eigenvalue weighted by Gasteiger charge is 2.16. The number of ether oxygens (including phenoxy) is 1. The van der Waals surface area contributed by atoms with Gasteiger partial charge in [-0.25, -0.2) is 4.98 Å². The maximum Gasteiger partial charge on any atom is 0.275 e. The van der Waals surface area contributed by atoms with E-state index in [1.807, 2.05) is 0 Å². The van der Waals surface area contributed by atoms with Crippen LogP contribution in [0.3, 0.4) is 0 Å². The Morgan fingerprint density at radius 1 is 1.44 bits per heavy atom. The number of amides is 1. The van der Waals surface area contributed by atoms with Crippen LogP contribution in [0.25, 0.3) is 0 Å². The minimum absolute atomic E-state index is 0.0273. The molecule has 2 heterocycles. The van der Waals surface area contributed by atoms with Crippen molar-refractivity contribution >= 4 is 28.6 Å². The van der Waals surface area contributed by atoms with Crippen molar-refractivity contribution in [1.29, 1.82) is 0 Å². The lowest BCUT2D eigenvalue weighted by Gasteiger charge is -2.25. The lowest BCUT2D eigenvalue weighted by molar-refractivity contribution is -0.385. The molecule has 1 saturated heterocycles. The van der Waals surface area contributed by atoms with Crippen LogP contribution in [0.5, 0.6) is 0 Å². The number of nitrogens with one attached hydrogen (secondary N) is 1. The molecule has 25 heavy (non-hydrogen) atoms. The number of benzene rings is 1. The topological polar surface area (TPSA) is 97.6 Å². The molecule has 0 atom stereocenters. The monoisotopic (exact) mass is 362 g/mol. The number of hydrogen-bond donors (Lipinski definition) is 1. The molecule has 1 aliphatic rings. The van der Waals surface area contributed by atoms with Crippen LogP contribution in [0.15, 0.2) is 23.6 Å². The summed E-state index contributed by atoms with van der Waals surface area (Å²) >= 11 is 1.45. The third-order valence-corrected chi connectivity index (χ3v) is 4.73. The molecule has 3 rings (SSSR count). The third kappa shape index (κ3) is 4.38. The lowest BCUT2D eigenvalue weighted by atomic mass is 10.2. The van der Waals surface area contributed by atoms with E-state index in [9.17, 15) is 14.9 Å². The van der Waals surface area contributed by atoms with Crippen LogP contribution in [0.2, 0.25) is 0 Å². The second kappa shape index (κ2) is 7.68. The van der Waals surface area contributed by atoms with Crippen molar-refractivity contribution in [2.75, 3.05) is 31.6 Å². The van der Waals surface area contributed by atoms with Crippen LogP contribution >= 0.6 is 11.3 Å². The van der Waals surface area contributed by atoms with E-state index in [-0.39, 0.29) is 11.6 Å². The van der Waals surface area contributed by atoms with Crippen molar-refractivity contribution in [3.8, 4) is 0 Å². The number of aromatic nitrogens is 1. The van der Waals surface area contributed by atoms with E-state index in [0.717, 1.165) is 31.3 Å². The van der Waals surface area contributed by atoms with Gasteiger partial charge in [0.05, 0.1) is 24.7 Å². The fraction of sp³-hybridized carbons (Fsp3) is 0.375. The molecule has 1 fully saturated rings. The molecule has 0 bridgehead atoms. The summed E-state index contributed by atoms with van der Waals surface area (Å²) in [7, 11) is 0. The van der Waals surface area contributed by atoms with E-state index in [1.165, 1.54) is 23.5 Å². The van der Waals surface area contributed by atoms with Crippen molar-refractivity contribution in [3.63, 3.8) is 0 Å². The van der Waals surface area contributed by atoms with Crippen LogP contribution in [0, 0.1) is 17.0 Å². The Labute approximate surface area is 148 Å². The van der Waals surface area contributed by atoms with Crippen molar-refractivity contribution < 1.29 is 14.5 Å². The van der Waals surface area contributed by atoms with Gasteiger partial charge in [0.25, 0.3) is 11.6 Å². The highest BCUT2D eigenvalue weighted by atomic mass is 32.1. The zero-order valence-electron chi connectivity index (χ0n) is 13.7. The van der Waals surface area contributed by atoms with Crippen molar-refractivity contribution in [1.82, 2.24) is 9.88 Å². The molecule has 9 heteroatoms. The molecule has 0 spiro atoms. The molecule has 1 aromatic carbocycles. The fourth-order valence-corrected chi connectivity index (χ4v) is 3.39. The van der Waals surface area contributed by atoms with Gasteiger partial charge >= 0.3 is 0 Å². The third-order valence-electron chi connectivity index (χ3n) is 3.90. The van der Waals surface area contributed by atoms with Crippen LogP contribution in [-0.2, 0) is 11.3 Å². The minimum atomic E-state index is -0.445. The smallest absolute Gasteiger partial charge is 0.275 e. The van der Waals surface area contributed by atoms with E-state index in [4.69, 9.17) is 4.74 Å². The fourth-order valence-electron chi connectivity index (χ4n) is 2.57. The summed E-state index contributed by atoms with van der Waals surface area (Å²) in [5.41, 5.74) is 1.38. The average molecular weight is 362 g/mol. The van der Waals surface area contributed by atoms with Gasteiger partial charge in [-0.05, 0) is 19.1 Å². The Hall–Kier alpha value is -2.36. The molecule has 132 valence electrons. The summed E-state index contributed by atoms with van der Waals surface area (Å²) in [6.45, 7) is 5.51. The molecule has 1 aliphatic heterocycles.